The second-order valence-electron chi connectivity index (χ2n) is 5.93. The first-order valence-electron chi connectivity index (χ1n) is 6.59. The minimum Gasteiger partial charge on any atom is -0.481 e. The van der Waals surface area contributed by atoms with E-state index >= 15 is 0 Å². The molecular weight excluding hydrogens is 257 g/mol. The molecule has 6 heteroatoms. The molecule has 5 nitrogen and oxygen atoms in total. The molecular formula is C14H20BNO4. The van der Waals surface area contributed by atoms with Crippen LogP contribution in [-0.4, -0.2) is 36.2 Å². The van der Waals surface area contributed by atoms with Crippen molar-refractivity contribution in [3.05, 3.63) is 17.7 Å². The Morgan fingerprint density at radius 3 is 2.20 bits per heavy atom. The Kier molecular flexibility index (Phi) is 3.65. The van der Waals surface area contributed by atoms with Crippen molar-refractivity contribution in [3.63, 3.8) is 0 Å². The van der Waals surface area contributed by atoms with Crippen molar-refractivity contribution in [1.29, 1.82) is 0 Å². The molecule has 1 aromatic heterocycles. The average molecular weight is 277 g/mol. The van der Waals surface area contributed by atoms with Gasteiger partial charge in [0.25, 0.3) is 0 Å². The fourth-order valence-electron chi connectivity index (χ4n) is 2.00. The highest BCUT2D eigenvalue weighted by molar-refractivity contribution is 6.62. The maximum atomic E-state index is 11.8. The Labute approximate surface area is 119 Å². The highest BCUT2D eigenvalue weighted by Crippen LogP contribution is 2.36. The van der Waals surface area contributed by atoms with Gasteiger partial charge < -0.3 is 14.0 Å². The number of ketones is 1. The highest BCUT2D eigenvalue weighted by atomic mass is 16.7. The third-order valence-electron chi connectivity index (χ3n) is 3.96. The maximum Gasteiger partial charge on any atom is 0.515 e. The van der Waals surface area contributed by atoms with E-state index in [0.717, 1.165) is 0 Å². The third kappa shape index (κ3) is 2.45. The largest absolute Gasteiger partial charge is 0.515 e. The fraction of sp³-hybridized carbons (Fsp3) is 0.571. The van der Waals surface area contributed by atoms with Gasteiger partial charge in [-0.15, -0.1) is 0 Å². The zero-order valence-corrected chi connectivity index (χ0v) is 12.8. The normalized spacial score (nSPS) is 20.0. The predicted molar refractivity (Wildman–Crippen MR) is 76.5 cm³/mol. The summed E-state index contributed by atoms with van der Waals surface area (Å²) in [5, 5.41) is 0. The fourth-order valence-corrected chi connectivity index (χ4v) is 2.00. The van der Waals surface area contributed by atoms with Crippen LogP contribution >= 0.6 is 0 Å². The van der Waals surface area contributed by atoms with Gasteiger partial charge in [-0.2, -0.15) is 0 Å². The third-order valence-corrected chi connectivity index (χ3v) is 3.96. The Balaban J connectivity index is 2.45. The minimum absolute atomic E-state index is 0.0788. The number of pyridine rings is 1. The van der Waals surface area contributed by atoms with Gasteiger partial charge in [0, 0.05) is 11.6 Å². The highest BCUT2D eigenvalue weighted by Gasteiger charge is 2.53. The quantitative estimate of drug-likeness (QED) is 0.620. The molecule has 0 aliphatic carbocycles. The zero-order chi connectivity index (χ0) is 15.1. The Hall–Kier alpha value is -1.40. The number of carbonyl (C=O) groups excluding carboxylic acids is 1. The van der Waals surface area contributed by atoms with Crippen molar-refractivity contribution in [1.82, 2.24) is 4.98 Å². The second-order valence-corrected chi connectivity index (χ2v) is 5.93. The number of aromatic nitrogens is 1. The molecule has 2 heterocycles. The predicted octanol–water partition coefficient (Wildman–Crippen LogP) is 1.59. The topological polar surface area (TPSA) is 57.7 Å². The Morgan fingerprint density at radius 1 is 1.20 bits per heavy atom. The van der Waals surface area contributed by atoms with Gasteiger partial charge >= 0.3 is 7.12 Å². The molecule has 1 aliphatic rings. The summed E-state index contributed by atoms with van der Waals surface area (Å²) in [6, 6.07) is 3.35. The van der Waals surface area contributed by atoms with Crippen LogP contribution in [0.3, 0.4) is 0 Å². The number of hydrogen-bond donors (Lipinski definition) is 0. The lowest BCUT2D eigenvalue weighted by Gasteiger charge is -2.32. The van der Waals surface area contributed by atoms with Crippen LogP contribution in [0, 0.1) is 0 Å². The van der Waals surface area contributed by atoms with E-state index in [1.54, 1.807) is 12.1 Å². The first-order valence-corrected chi connectivity index (χ1v) is 6.59. The first-order chi connectivity index (χ1) is 9.18. The van der Waals surface area contributed by atoms with Gasteiger partial charge in [-0.05, 0) is 40.7 Å². The van der Waals surface area contributed by atoms with Crippen LogP contribution in [0.2, 0.25) is 0 Å². The number of rotatable bonds is 3. The van der Waals surface area contributed by atoms with Crippen LogP contribution in [0.1, 0.15) is 45.0 Å². The molecule has 0 atom stereocenters. The SMILES string of the molecule is COc1ccc(C(C)=O)c(B2OC(C)(C)C(C)(C)O2)n1. The smallest absolute Gasteiger partial charge is 0.481 e. The van der Waals surface area contributed by atoms with Crippen LogP contribution < -0.4 is 10.3 Å². The number of nitrogens with zero attached hydrogens (tertiary/aromatic N) is 1. The van der Waals surface area contributed by atoms with Crippen LogP contribution in [0.5, 0.6) is 5.88 Å². The van der Waals surface area contributed by atoms with Gasteiger partial charge in [0.15, 0.2) is 5.78 Å². The van der Waals surface area contributed by atoms with Gasteiger partial charge in [-0.3, -0.25) is 4.79 Å². The molecule has 20 heavy (non-hydrogen) atoms. The Morgan fingerprint density at radius 2 is 1.75 bits per heavy atom. The molecule has 0 spiro atoms. The monoisotopic (exact) mass is 277 g/mol. The minimum atomic E-state index is -0.672. The molecule has 0 N–H and O–H groups in total. The van der Waals surface area contributed by atoms with Crippen molar-refractivity contribution in [2.45, 2.75) is 45.8 Å². The van der Waals surface area contributed by atoms with E-state index in [0.29, 0.717) is 17.0 Å². The molecule has 0 saturated carbocycles. The zero-order valence-electron chi connectivity index (χ0n) is 12.8. The molecule has 0 bridgehead atoms. The number of hydrogen-bond acceptors (Lipinski definition) is 5. The van der Waals surface area contributed by atoms with Gasteiger partial charge in [-0.1, -0.05) is 0 Å². The molecule has 0 radical (unpaired) electrons. The summed E-state index contributed by atoms with van der Waals surface area (Å²) in [6.07, 6.45) is 0. The van der Waals surface area contributed by atoms with Crippen molar-refractivity contribution in [2.24, 2.45) is 0 Å². The average Bonchev–Trinajstić information content (AvgIpc) is 2.57. The van der Waals surface area contributed by atoms with E-state index in [1.165, 1.54) is 14.0 Å². The molecule has 0 amide bonds. The summed E-state index contributed by atoms with van der Waals surface area (Å²) < 4.78 is 17.0. The van der Waals surface area contributed by atoms with Gasteiger partial charge in [0.2, 0.25) is 5.88 Å². The lowest BCUT2D eigenvalue weighted by molar-refractivity contribution is 0.00578. The molecule has 1 saturated heterocycles. The summed E-state index contributed by atoms with van der Waals surface area (Å²) in [5.41, 5.74) is 0.00672. The lowest BCUT2D eigenvalue weighted by Crippen LogP contribution is -2.41. The summed E-state index contributed by atoms with van der Waals surface area (Å²) in [4.78, 5) is 16.1. The van der Waals surface area contributed by atoms with Crippen molar-refractivity contribution in [3.8, 4) is 5.88 Å². The van der Waals surface area contributed by atoms with Crippen LogP contribution in [0.25, 0.3) is 0 Å². The van der Waals surface area contributed by atoms with E-state index < -0.39 is 18.3 Å². The summed E-state index contributed by atoms with van der Waals surface area (Å²) in [7, 11) is 0.859. The van der Waals surface area contributed by atoms with Gasteiger partial charge in [-0.25, -0.2) is 4.98 Å². The van der Waals surface area contributed by atoms with E-state index in [1.807, 2.05) is 27.7 Å². The number of carbonyl (C=O) groups is 1. The lowest BCUT2D eigenvalue weighted by atomic mass is 9.80. The number of methoxy groups -OCH3 is 1. The Bertz CT molecular complexity index is 526. The number of ether oxygens (including phenoxy) is 1. The molecule has 1 fully saturated rings. The van der Waals surface area contributed by atoms with Crippen molar-refractivity contribution in [2.75, 3.05) is 7.11 Å². The van der Waals surface area contributed by atoms with Crippen LogP contribution in [0.15, 0.2) is 12.1 Å². The van der Waals surface area contributed by atoms with Crippen molar-refractivity contribution >= 4 is 18.5 Å². The van der Waals surface area contributed by atoms with Gasteiger partial charge in [0.05, 0.1) is 23.9 Å². The molecule has 0 aromatic carbocycles. The molecule has 1 aliphatic heterocycles. The summed E-state index contributed by atoms with van der Waals surface area (Å²) in [5.74, 6) is 0.351. The van der Waals surface area contributed by atoms with E-state index in [2.05, 4.69) is 4.98 Å². The molecule has 1 aromatic rings. The maximum absolute atomic E-state index is 11.8. The molecule has 108 valence electrons. The second kappa shape index (κ2) is 4.86. The molecule has 0 unspecified atom stereocenters. The van der Waals surface area contributed by atoms with Crippen LogP contribution in [0.4, 0.5) is 0 Å². The first kappa shape index (κ1) is 15.0. The summed E-state index contributed by atoms with van der Waals surface area (Å²) >= 11 is 0. The number of Topliss-reactive ketones (excluding diaryl/α,β-unsaturated/α-hetero) is 1. The van der Waals surface area contributed by atoms with E-state index in [4.69, 9.17) is 14.0 Å². The van der Waals surface area contributed by atoms with Crippen molar-refractivity contribution < 1.29 is 18.8 Å². The standard InChI is InChI=1S/C14H20BNO4/c1-9(17)10-7-8-11(18-6)16-12(10)15-19-13(2,3)14(4,5)20-15/h7-8H,1-6H3. The summed E-state index contributed by atoms with van der Waals surface area (Å²) in [6.45, 7) is 9.33. The van der Waals surface area contributed by atoms with E-state index in [-0.39, 0.29) is 5.78 Å². The van der Waals surface area contributed by atoms with Gasteiger partial charge in [0.1, 0.15) is 0 Å². The molecule has 2 rings (SSSR count). The van der Waals surface area contributed by atoms with Crippen LogP contribution in [-0.2, 0) is 9.31 Å². The van der Waals surface area contributed by atoms with E-state index in [9.17, 15) is 4.79 Å².